The van der Waals surface area contributed by atoms with Gasteiger partial charge in [0, 0.05) is 6.04 Å². The van der Waals surface area contributed by atoms with Gasteiger partial charge in [-0.1, -0.05) is 40.5 Å². The standard InChI is InChI=1S/C14H27N/c1-10(2)9-15-13-11-7-5-6-8-12(11)14(13,3)4/h10-13,15H,5-9H2,1-4H3/t11-,12+,13?/m1/s1. The monoisotopic (exact) mass is 209 g/mol. The summed E-state index contributed by atoms with van der Waals surface area (Å²) >= 11 is 0. The number of nitrogens with one attached hydrogen (secondary N) is 1. The molecule has 2 saturated carbocycles. The Morgan fingerprint density at radius 2 is 1.87 bits per heavy atom. The maximum atomic E-state index is 3.81. The van der Waals surface area contributed by atoms with Crippen LogP contribution in [0.4, 0.5) is 0 Å². The molecular weight excluding hydrogens is 182 g/mol. The fraction of sp³-hybridized carbons (Fsp3) is 1.00. The molecule has 0 aromatic heterocycles. The number of rotatable bonds is 3. The predicted octanol–water partition coefficient (Wildman–Crippen LogP) is 3.45. The molecule has 0 radical (unpaired) electrons. The van der Waals surface area contributed by atoms with E-state index in [-0.39, 0.29) is 0 Å². The number of fused-ring (bicyclic) bond motifs is 1. The van der Waals surface area contributed by atoms with Gasteiger partial charge < -0.3 is 5.32 Å². The lowest BCUT2D eigenvalue weighted by Crippen LogP contribution is -2.65. The molecular formula is C14H27N. The highest BCUT2D eigenvalue weighted by atomic mass is 15.0. The van der Waals surface area contributed by atoms with Gasteiger partial charge in [-0.15, -0.1) is 0 Å². The van der Waals surface area contributed by atoms with Crippen molar-refractivity contribution < 1.29 is 0 Å². The van der Waals surface area contributed by atoms with E-state index in [0.29, 0.717) is 5.41 Å². The van der Waals surface area contributed by atoms with Crippen LogP contribution >= 0.6 is 0 Å². The molecule has 2 aliphatic carbocycles. The predicted molar refractivity (Wildman–Crippen MR) is 65.9 cm³/mol. The van der Waals surface area contributed by atoms with Gasteiger partial charge in [0.05, 0.1) is 0 Å². The van der Waals surface area contributed by atoms with E-state index in [9.17, 15) is 0 Å². The van der Waals surface area contributed by atoms with Crippen LogP contribution in [0.15, 0.2) is 0 Å². The van der Waals surface area contributed by atoms with E-state index >= 15 is 0 Å². The van der Waals surface area contributed by atoms with Gasteiger partial charge in [0.25, 0.3) is 0 Å². The largest absolute Gasteiger partial charge is 0.313 e. The van der Waals surface area contributed by atoms with Crippen molar-refractivity contribution in [3.05, 3.63) is 0 Å². The molecule has 0 aromatic rings. The minimum atomic E-state index is 0.556. The zero-order valence-electron chi connectivity index (χ0n) is 10.8. The van der Waals surface area contributed by atoms with Crippen LogP contribution in [0.3, 0.4) is 0 Å². The zero-order chi connectivity index (χ0) is 11.1. The molecule has 2 rings (SSSR count). The first-order chi connectivity index (χ1) is 7.03. The lowest BCUT2D eigenvalue weighted by molar-refractivity contribution is -0.0881. The minimum Gasteiger partial charge on any atom is -0.313 e. The van der Waals surface area contributed by atoms with Gasteiger partial charge in [0.2, 0.25) is 0 Å². The normalized spacial score (nSPS) is 38.6. The number of hydrogen-bond acceptors (Lipinski definition) is 1. The van der Waals surface area contributed by atoms with Crippen molar-refractivity contribution in [2.45, 2.75) is 59.4 Å². The molecule has 0 aromatic carbocycles. The van der Waals surface area contributed by atoms with Crippen molar-refractivity contribution in [1.29, 1.82) is 0 Å². The fourth-order valence-electron chi connectivity index (χ4n) is 3.92. The van der Waals surface area contributed by atoms with E-state index < -0.39 is 0 Å². The topological polar surface area (TPSA) is 12.0 Å². The molecule has 0 heterocycles. The van der Waals surface area contributed by atoms with Crippen molar-refractivity contribution in [1.82, 2.24) is 5.32 Å². The molecule has 1 nitrogen and oxygen atoms in total. The molecule has 0 amide bonds. The summed E-state index contributed by atoms with van der Waals surface area (Å²) in [5.41, 5.74) is 0.556. The first-order valence-corrected chi connectivity index (χ1v) is 6.77. The van der Waals surface area contributed by atoms with Crippen LogP contribution in [-0.2, 0) is 0 Å². The SMILES string of the molecule is CC(C)CNC1[C@@H]2CCCC[C@@H]2C1(C)C. The second kappa shape index (κ2) is 4.08. The Hall–Kier alpha value is -0.0400. The van der Waals surface area contributed by atoms with E-state index in [2.05, 4.69) is 33.0 Å². The van der Waals surface area contributed by atoms with Crippen molar-refractivity contribution in [2.75, 3.05) is 6.54 Å². The molecule has 0 spiro atoms. The quantitative estimate of drug-likeness (QED) is 0.750. The summed E-state index contributed by atoms with van der Waals surface area (Å²) in [6.07, 6.45) is 5.90. The maximum Gasteiger partial charge on any atom is 0.0152 e. The smallest absolute Gasteiger partial charge is 0.0152 e. The summed E-state index contributed by atoms with van der Waals surface area (Å²) in [5, 5.41) is 3.81. The Balaban J connectivity index is 1.93. The Kier molecular flexibility index (Phi) is 3.12. The molecule has 1 unspecified atom stereocenters. The second-order valence-corrected chi connectivity index (χ2v) is 6.66. The van der Waals surface area contributed by atoms with Gasteiger partial charge in [-0.25, -0.2) is 0 Å². The highest BCUT2D eigenvalue weighted by Crippen LogP contribution is 2.57. The lowest BCUT2D eigenvalue weighted by atomic mass is 9.48. The van der Waals surface area contributed by atoms with Crippen molar-refractivity contribution in [3.63, 3.8) is 0 Å². The Morgan fingerprint density at radius 1 is 1.20 bits per heavy atom. The third-order valence-corrected chi connectivity index (χ3v) is 4.75. The van der Waals surface area contributed by atoms with Crippen molar-refractivity contribution in [2.24, 2.45) is 23.2 Å². The van der Waals surface area contributed by atoms with E-state index in [1.165, 1.54) is 32.2 Å². The first-order valence-electron chi connectivity index (χ1n) is 6.77. The summed E-state index contributed by atoms with van der Waals surface area (Å²) in [6.45, 7) is 10.7. The summed E-state index contributed by atoms with van der Waals surface area (Å²) in [7, 11) is 0. The van der Waals surface area contributed by atoms with E-state index in [1.54, 1.807) is 0 Å². The Labute approximate surface area is 95.0 Å². The first kappa shape index (κ1) is 11.4. The van der Waals surface area contributed by atoms with Crippen LogP contribution in [0.1, 0.15) is 53.4 Å². The molecule has 2 fully saturated rings. The second-order valence-electron chi connectivity index (χ2n) is 6.66. The van der Waals surface area contributed by atoms with Crippen LogP contribution in [0, 0.1) is 23.2 Å². The van der Waals surface area contributed by atoms with Crippen molar-refractivity contribution >= 4 is 0 Å². The average Bonchev–Trinajstić information content (AvgIpc) is 2.17. The van der Waals surface area contributed by atoms with Crippen LogP contribution < -0.4 is 5.32 Å². The van der Waals surface area contributed by atoms with Gasteiger partial charge in [-0.3, -0.25) is 0 Å². The highest BCUT2D eigenvalue weighted by Gasteiger charge is 2.55. The van der Waals surface area contributed by atoms with Gasteiger partial charge >= 0.3 is 0 Å². The lowest BCUT2D eigenvalue weighted by Gasteiger charge is -2.61. The number of hydrogen-bond donors (Lipinski definition) is 1. The van der Waals surface area contributed by atoms with Crippen molar-refractivity contribution in [3.8, 4) is 0 Å². The molecule has 0 aliphatic heterocycles. The average molecular weight is 209 g/mol. The van der Waals surface area contributed by atoms with E-state index in [0.717, 1.165) is 23.8 Å². The highest BCUT2D eigenvalue weighted by molar-refractivity contribution is 5.08. The maximum absolute atomic E-state index is 3.81. The third kappa shape index (κ3) is 1.95. The van der Waals surface area contributed by atoms with Gasteiger partial charge in [0.15, 0.2) is 0 Å². The molecule has 3 atom stereocenters. The van der Waals surface area contributed by atoms with Crippen LogP contribution in [-0.4, -0.2) is 12.6 Å². The molecule has 2 aliphatic rings. The van der Waals surface area contributed by atoms with Gasteiger partial charge in [-0.2, -0.15) is 0 Å². The van der Waals surface area contributed by atoms with Crippen LogP contribution in [0.25, 0.3) is 0 Å². The molecule has 1 heteroatoms. The van der Waals surface area contributed by atoms with Gasteiger partial charge in [-0.05, 0) is 42.6 Å². The Bertz CT molecular complexity index is 219. The fourth-order valence-corrected chi connectivity index (χ4v) is 3.92. The minimum absolute atomic E-state index is 0.556. The molecule has 88 valence electrons. The molecule has 0 saturated heterocycles. The summed E-state index contributed by atoms with van der Waals surface area (Å²) < 4.78 is 0. The van der Waals surface area contributed by atoms with E-state index in [4.69, 9.17) is 0 Å². The molecule has 1 N–H and O–H groups in total. The third-order valence-electron chi connectivity index (χ3n) is 4.75. The van der Waals surface area contributed by atoms with E-state index in [1.807, 2.05) is 0 Å². The zero-order valence-corrected chi connectivity index (χ0v) is 10.8. The summed E-state index contributed by atoms with van der Waals surface area (Å²) in [6, 6.07) is 0.796. The van der Waals surface area contributed by atoms with Gasteiger partial charge in [0.1, 0.15) is 0 Å². The molecule has 15 heavy (non-hydrogen) atoms. The van der Waals surface area contributed by atoms with Crippen LogP contribution in [0.2, 0.25) is 0 Å². The molecule has 0 bridgehead atoms. The van der Waals surface area contributed by atoms with Crippen LogP contribution in [0.5, 0.6) is 0 Å². The summed E-state index contributed by atoms with van der Waals surface area (Å²) in [5.74, 6) is 2.78. The Morgan fingerprint density at radius 3 is 2.53 bits per heavy atom. The summed E-state index contributed by atoms with van der Waals surface area (Å²) in [4.78, 5) is 0.